The number of hydroxylamine groups is 8. The number of ketones is 3. The minimum atomic E-state index is -0.221. The third kappa shape index (κ3) is 19.5. The second kappa shape index (κ2) is 27.1. The molecule has 4 unspecified atom stereocenters. The summed E-state index contributed by atoms with van der Waals surface area (Å²) in [5, 5.41) is 18.4. The van der Waals surface area contributed by atoms with Crippen molar-refractivity contribution in [2.45, 2.75) is 348 Å². The summed E-state index contributed by atoms with van der Waals surface area (Å²) in [7, 11) is 0. The molecule has 0 saturated carbocycles. The number of carbonyl (C=O) groups is 3. The van der Waals surface area contributed by atoms with Crippen molar-refractivity contribution in [3.8, 4) is 0 Å². The molecule has 0 bridgehead atoms. The van der Waals surface area contributed by atoms with Gasteiger partial charge in [0.25, 0.3) is 0 Å². The smallest absolute Gasteiger partial charge is 0.136 e. The summed E-state index contributed by atoms with van der Waals surface area (Å²) in [6, 6.07) is 0. The minimum Gasteiger partial charge on any atom is -0.393 e. The Kier molecular flexibility index (Phi) is 24.3. The Morgan fingerprint density at radius 1 is 0.466 bits per heavy atom. The van der Waals surface area contributed by atoms with E-state index in [2.05, 4.69) is 183 Å². The number of nitrogens with zero attached hydrogens (tertiary/aromatic N) is 4. The van der Waals surface area contributed by atoms with E-state index in [1.807, 2.05) is 0 Å². The monoisotopic (exact) mass is 1030 g/mol. The number of rotatable bonds is 15. The molecule has 4 atom stereocenters. The van der Waals surface area contributed by atoms with Crippen molar-refractivity contribution in [3.05, 3.63) is 24.3 Å². The first kappa shape index (κ1) is 65.4. The second-order valence-corrected chi connectivity index (χ2v) is 27.6. The lowest BCUT2D eigenvalue weighted by molar-refractivity contribution is -0.314. The van der Waals surface area contributed by atoms with E-state index in [0.717, 1.165) is 83.5 Å². The van der Waals surface area contributed by atoms with Gasteiger partial charge >= 0.3 is 0 Å². The van der Waals surface area contributed by atoms with E-state index in [1.54, 1.807) is 0 Å². The van der Waals surface area contributed by atoms with Crippen LogP contribution < -0.4 is 0 Å². The van der Waals surface area contributed by atoms with Gasteiger partial charge in [-0.2, -0.15) is 20.3 Å². The van der Waals surface area contributed by atoms with E-state index in [0.29, 0.717) is 62.0 Å². The molecule has 4 fully saturated rings. The van der Waals surface area contributed by atoms with Gasteiger partial charge in [0.1, 0.15) is 17.3 Å². The lowest BCUT2D eigenvalue weighted by Gasteiger charge is -2.53. The van der Waals surface area contributed by atoms with Gasteiger partial charge in [0, 0.05) is 82.8 Å². The van der Waals surface area contributed by atoms with E-state index in [4.69, 9.17) is 19.4 Å². The minimum absolute atomic E-state index is 0.109. The number of unbranched alkanes of at least 4 members (excludes halogenated alkanes) is 1. The van der Waals surface area contributed by atoms with Crippen LogP contribution in [0.15, 0.2) is 24.3 Å². The van der Waals surface area contributed by atoms with Crippen LogP contribution in [0.2, 0.25) is 0 Å². The second-order valence-electron chi connectivity index (χ2n) is 27.6. The van der Waals surface area contributed by atoms with Gasteiger partial charge in [-0.1, -0.05) is 71.3 Å². The maximum atomic E-state index is 11.9. The Morgan fingerprint density at radius 3 is 1.07 bits per heavy atom. The zero-order valence-corrected chi connectivity index (χ0v) is 50.6. The number of carbonyl (C=O) groups excluding carboxylic acids is 3. The summed E-state index contributed by atoms with van der Waals surface area (Å²) in [6.45, 7) is 42.6. The molecule has 4 saturated heterocycles. The number of hydrogen-bond acceptors (Lipinski definition) is 12. The van der Waals surface area contributed by atoms with Gasteiger partial charge in [0.05, 0.1) is 30.5 Å². The maximum Gasteiger partial charge on any atom is 0.136 e. The number of hydrogen-bond donors (Lipinski definition) is 1. The van der Waals surface area contributed by atoms with Crippen LogP contribution in [0.1, 0.15) is 273 Å². The van der Waals surface area contributed by atoms with Crippen molar-refractivity contribution in [1.29, 1.82) is 0 Å². The predicted molar refractivity (Wildman–Crippen MR) is 298 cm³/mol. The number of aliphatic hydroxyl groups excluding tert-OH is 1. The average Bonchev–Trinajstić information content (AvgIpc) is 3.23. The van der Waals surface area contributed by atoms with Crippen molar-refractivity contribution in [2.75, 3.05) is 0 Å². The Balaban J connectivity index is 0.000000257. The van der Waals surface area contributed by atoms with Crippen LogP contribution in [-0.4, -0.2) is 118 Å². The Morgan fingerprint density at radius 2 is 0.781 bits per heavy atom. The highest BCUT2D eigenvalue weighted by Gasteiger charge is 2.50. The number of Topliss-reactive ketones (excluding diaryl/α,β-unsaturated/α-hetero) is 3. The molecule has 0 amide bonds. The van der Waals surface area contributed by atoms with Crippen LogP contribution in [0.3, 0.4) is 0 Å². The third-order valence-electron chi connectivity index (χ3n) is 15.5. The molecule has 12 heteroatoms. The average molecular weight is 1030 g/mol. The van der Waals surface area contributed by atoms with E-state index >= 15 is 0 Å². The fourth-order valence-corrected chi connectivity index (χ4v) is 13.1. The van der Waals surface area contributed by atoms with Gasteiger partial charge in [0.15, 0.2) is 0 Å². The van der Waals surface area contributed by atoms with Gasteiger partial charge in [-0.05, 0) is 188 Å². The Bertz CT molecular complexity index is 1720. The molecular weight excluding hydrogens is 917 g/mol. The van der Waals surface area contributed by atoms with Crippen LogP contribution in [0, 0.1) is 0 Å². The number of piperidine rings is 4. The van der Waals surface area contributed by atoms with Gasteiger partial charge in [-0.15, -0.1) is 0 Å². The molecule has 6 aliphatic rings. The standard InChI is InChI=1S/C16H31NO2.C15H27NO2.C15H25NO2.C15H29NO2/c1-7-9-10-14(8-2)19-17-15(3,4)11-13(18)12-16(17,5)6;2*1-14(2)10-12(17)11-15(3,4)16(14)18-13-8-6-5-7-9-13;1-7-9-13(8-2)18-16-14(3,4)10-12(17)11-15(16,5)6/h14H,7-12H2,1-6H3;5-6,12-13,17H,7-11H2,1-4H3;5-6,13H,7-11H2,1-4H3;13H,7-11H2,1-6H3. The van der Waals surface area contributed by atoms with Crippen molar-refractivity contribution in [1.82, 2.24) is 20.3 Å². The van der Waals surface area contributed by atoms with Crippen molar-refractivity contribution >= 4 is 17.3 Å². The van der Waals surface area contributed by atoms with Crippen molar-refractivity contribution in [2.24, 2.45) is 0 Å². The molecule has 73 heavy (non-hydrogen) atoms. The molecule has 0 aromatic heterocycles. The Labute approximate surface area is 447 Å². The number of allylic oxidation sites excluding steroid dienone is 2. The first-order valence-corrected chi connectivity index (χ1v) is 29.0. The molecule has 0 spiro atoms. The van der Waals surface area contributed by atoms with Crippen molar-refractivity contribution < 1.29 is 38.8 Å². The molecule has 12 nitrogen and oxygen atoms in total. The summed E-state index contributed by atoms with van der Waals surface area (Å²) in [6.07, 6.45) is 28.9. The summed E-state index contributed by atoms with van der Waals surface area (Å²) in [4.78, 5) is 60.6. The summed E-state index contributed by atoms with van der Waals surface area (Å²) in [5.41, 5.74) is -1.47. The maximum absolute atomic E-state index is 11.9. The van der Waals surface area contributed by atoms with Gasteiger partial charge in [-0.25, -0.2) is 0 Å². The molecule has 0 aromatic rings. The van der Waals surface area contributed by atoms with E-state index in [9.17, 15) is 19.5 Å². The SMILES string of the molecule is CC1(C)CC(=O)CC(C)(C)N1OC1CC=CCC1.CC1(C)CC(O)CC(C)(C)N1OC1CC=CCC1.CCCC(CC)ON1C(C)(C)CC(=O)CC1(C)C.CCCCC(CC)ON1C(C)(C)CC(=O)CC1(C)C. The molecule has 4 heterocycles. The molecule has 0 radical (unpaired) electrons. The first-order valence-electron chi connectivity index (χ1n) is 29.0. The molecule has 0 aromatic carbocycles. The summed E-state index contributed by atoms with van der Waals surface area (Å²) < 4.78 is 0. The lowest BCUT2D eigenvalue weighted by Crippen LogP contribution is -2.62. The molecule has 1 N–H and O–H groups in total. The zero-order valence-electron chi connectivity index (χ0n) is 50.6. The van der Waals surface area contributed by atoms with Crippen LogP contribution in [0.25, 0.3) is 0 Å². The lowest BCUT2D eigenvalue weighted by atomic mass is 9.80. The zero-order chi connectivity index (χ0) is 55.4. The first-order chi connectivity index (χ1) is 33.6. The van der Waals surface area contributed by atoms with Crippen LogP contribution in [0.4, 0.5) is 0 Å². The van der Waals surface area contributed by atoms with Crippen LogP contribution in [-0.2, 0) is 33.7 Å². The fourth-order valence-electron chi connectivity index (χ4n) is 13.1. The van der Waals surface area contributed by atoms with Gasteiger partial charge in [-0.3, -0.25) is 33.7 Å². The topological polar surface area (TPSA) is 121 Å². The van der Waals surface area contributed by atoms with Crippen LogP contribution >= 0.6 is 0 Å². The van der Waals surface area contributed by atoms with Gasteiger partial charge < -0.3 is 5.11 Å². The highest BCUT2D eigenvalue weighted by atomic mass is 16.7. The van der Waals surface area contributed by atoms with E-state index < -0.39 is 0 Å². The largest absolute Gasteiger partial charge is 0.393 e. The highest BCUT2D eigenvalue weighted by molar-refractivity contribution is 5.82. The van der Waals surface area contributed by atoms with E-state index in [1.165, 1.54) is 12.8 Å². The van der Waals surface area contributed by atoms with Gasteiger partial charge in [0.2, 0.25) is 0 Å². The van der Waals surface area contributed by atoms with E-state index in [-0.39, 0.29) is 68.7 Å². The quantitative estimate of drug-likeness (QED) is 0.157. The predicted octanol–water partition coefficient (Wildman–Crippen LogP) is 14.1. The molecule has 424 valence electrons. The normalized spacial score (nSPS) is 28.4. The summed E-state index contributed by atoms with van der Waals surface area (Å²) >= 11 is 0. The molecular formula is C61H112N4O8. The number of aliphatic hydroxyl groups is 1. The summed E-state index contributed by atoms with van der Waals surface area (Å²) in [5.74, 6) is 1.03. The molecule has 2 aliphatic carbocycles. The third-order valence-corrected chi connectivity index (χ3v) is 15.5. The highest BCUT2D eigenvalue weighted by Crippen LogP contribution is 2.42. The van der Waals surface area contributed by atoms with Crippen molar-refractivity contribution in [3.63, 3.8) is 0 Å². The Hall–Kier alpha value is -1.87. The molecule has 6 rings (SSSR count). The molecule has 4 aliphatic heterocycles. The van der Waals surface area contributed by atoms with Crippen LogP contribution in [0.5, 0.6) is 0 Å². The fraction of sp³-hybridized carbons (Fsp3) is 0.885.